The fourth-order valence-corrected chi connectivity index (χ4v) is 1.15. The lowest BCUT2D eigenvalue weighted by molar-refractivity contribution is -0.144. The molecule has 0 fully saturated rings. The Morgan fingerprint density at radius 2 is 1.37 bits per heavy atom. The van der Waals surface area contributed by atoms with Crippen LogP contribution < -0.4 is 22.3 Å². The Bertz CT molecular complexity index is 372. The van der Waals surface area contributed by atoms with Crippen LogP contribution >= 0.6 is 0 Å². The van der Waals surface area contributed by atoms with Crippen LogP contribution in [0.15, 0.2) is 0 Å². The number of carbonyl (C=O) groups is 4. The molecule has 0 saturated carbocycles. The Balaban J connectivity index is 4.41. The Hall–Kier alpha value is -2.20. The van der Waals surface area contributed by atoms with Gasteiger partial charge in [-0.25, -0.2) is 10.9 Å². The molecule has 0 aromatic rings. The second-order valence-corrected chi connectivity index (χ2v) is 3.75. The monoisotopic (exact) mass is 276 g/mol. The van der Waals surface area contributed by atoms with Gasteiger partial charge in [-0.05, 0) is 6.42 Å². The maximum absolute atomic E-state index is 10.8. The zero-order valence-electron chi connectivity index (χ0n) is 9.96. The lowest BCUT2D eigenvalue weighted by Crippen LogP contribution is -2.53. The van der Waals surface area contributed by atoms with Gasteiger partial charge in [0.2, 0.25) is 11.8 Å². The fourth-order valence-electron chi connectivity index (χ4n) is 1.15. The topological polar surface area (TPSA) is 185 Å². The van der Waals surface area contributed by atoms with Gasteiger partial charge in [0.1, 0.15) is 12.1 Å². The van der Waals surface area contributed by atoms with Gasteiger partial charge in [-0.2, -0.15) is 0 Å². The molecule has 0 spiro atoms. The second kappa shape index (κ2) is 8.00. The van der Waals surface area contributed by atoms with Crippen LogP contribution in [0.2, 0.25) is 0 Å². The van der Waals surface area contributed by atoms with E-state index in [1.54, 1.807) is 0 Å². The number of nitrogens with two attached hydrogens (primary N) is 2. The number of hydrogen-bond acceptors (Lipinski definition) is 6. The number of primary amides is 2. The molecule has 10 heteroatoms. The summed E-state index contributed by atoms with van der Waals surface area (Å²) >= 11 is 0. The number of carboxylic acid groups (broad SMARTS) is 2. The van der Waals surface area contributed by atoms with E-state index in [4.69, 9.17) is 21.7 Å². The van der Waals surface area contributed by atoms with Gasteiger partial charge in [0.15, 0.2) is 0 Å². The van der Waals surface area contributed by atoms with E-state index in [9.17, 15) is 19.2 Å². The van der Waals surface area contributed by atoms with Crippen molar-refractivity contribution in [3.63, 3.8) is 0 Å². The van der Waals surface area contributed by atoms with Crippen LogP contribution in [-0.4, -0.2) is 46.0 Å². The van der Waals surface area contributed by atoms with Crippen molar-refractivity contribution < 1.29 is 29.4 Å². The van der Waals surface area contributed by atoms with Gasteiger partial charge in [0, 0.05) is 6.42 Å². The van der Waals surface area contributed by atoms with Crippen molar-refractivity contribution in [1.29, 1.82) is 0 Å². The van der Waals surface area contributed by atoms with E-state index >= 15 is 0 Å². The molecule has 108 valence electrons. The number of rotatable bonds is 10. The van der Waals surface area contributed by atoms with E-state index in [1.165, 1.54) is 0 Å². The molecule has 19 heavy (non-hydrogen) atoms. The molecule has 0 aliphatic rings. The summed E-state index contributed by atoms with van der Waals surface area (Å²) in [6, 6.07) is -2.59. The number of hydrogen-bond donors (Lipinski definition) is 6. The van der Waals surface area contributed by atoms with Crippen LogP contribution in [0.4, 0.5) is 0 Å². The first-order valence-corrected chi connectivity index (χ1v) is 5.27. The van der Waals surface area contributed by atoms with Gasteiger partial charge >= 0.3 is 11.9 Å². The zero-order valence-corrected chi connectivity index (χ0v) is 9.96. The van der Waals surface area contributed by atoms with Gasteiger partial charge < -0.3 is 21.7 Å². The molecule has 10 nitrogen and oxygen atoms in total. The van der Waals surface area contributed by atoms with Crippen molar-refractivity contribution in [2.75, 3.05) is 0 Å². The molecule has 8 N–H and O–H groups in total. The summed E-state index contributed by atoms with van der Waals surface area (Å²) in [5.41, 5.74) is 14.1. The van der Waals surface area contributed by atoms with Crippen molar-refractivity contribution in [1.82, 2.24) is 10.9 Å². The van der Waals surface area contributed by atoms with Crippen LogP contribution in [0.1, 0.15) is 19.3 Å². The van der Waals surface area contributed by atoms with E-state index in [1.807, 2.05) is 0 Å². The van der Waals surface area contributed by atoms with Gasteiger partial charge in [-0.15, -0.1) is 0 Å². The summed E-state index contributed by atoms with van der Waals surface area (Å²) in [6.07, 6.45) is -0.815. The molecule has 0 aliphatic heterocycles. The lowest BCUT2D eigenvalue weighted by Gasteiger charge is -2.18. The number of carboxylic acids is 2. The van der Waals surface area contributed by atoms with E-state index in [0.717, 1.165) is 0 Å². The lowest BCUT2D eigenvalue weighted by atomic mass is 10.1. The predicted octanol–water partition coefficient (Wildman–Crippen LogP) is -2.87. The molecule has 0 aliphatic carbocycles. The highest BCUT2D eigenvalue weighted by atomic mass is 16.4. The minimum atomic E-state index is -1.37. The summed E-state index contributed by atoms with van der Waals surface area (Å²) in [7, 11) is 0. The Morgan fingerprint density at radius 3 is 1.74 bits per heavy atom. The molecule has 0 heterocycles. The maximum Gasteiger partial charge on any atom is 0.322 e. The number of aliphatic carboxylic acids is 2. The third kappa shape index (κ3) is 7.68. The third-order valence-electron chi connectivity index (χ3n) is 2.11. The standard InChI is InChI=1S/C9H16N4O6/c10-6(14)2-1-4(8(16)17)12-13-5(9(18)19)3-7(11)15/h4-5,12-13H,1-3H2,(H2,10,14)(H2,11,15)(H,16,17)(H,18,19)/t4-,5-/m0/s1. The van der Waals surface area contributed by atoms with Crippen LogP contribution in [0.3, 0.4) is 0 Å². The number of hydrazine groups is 1. The average Bonchev–Trinajstić information content (AvgIpc) is 2.25. The largest absolute Gasteiger partial charge is 0.480 e. The van der Waals surface area contributed by atoms with Crippen LogP contribution in [0.5, 0.6) is 0 Å². The second-order valence-electron chi connectivity index (χ2n) is 3.75. The summed E-state index contributed by atoms with van der Waals surface area (Å²) in [6.45, 7) is 0. The Kier molecular flexibility index (Phi) is 7.07. The first-order valence-electron chi connectivity index (χ1n) is 5.27. The highest BCUT2D eigenvalue weighted by Gasteiger charge is 2.23. The van der Waals surface area contributed by atoms with E-state index < -0.39 is 42.3 Å². The molecule has 0 saturated heterocycles. The molecule has 2 amide bonds. The first kappa shape index (κ1) is 16.8. The smallest absolute Gasteiger partial charge is 0.322 e. The SMILES string of the molecule is NC(=O)CC[C@H](NN[C@@H](CC(N)=O)C(=O)O)C(=O)O. The van der Waals surface area contributed by atoms with Gasteiger partial charge in [0.05, 0.1) is 6.42 Å². The highest BCUT2D eigenvalue weighted by molar-refractivity contribution is 5.83. The molecule has 0 rings (SSSR count). The zero-order chi connectivity index (χ0) is 15.0. The van der Waals surface area contributed by atoms with E-state index in [-0.39, 0.29) is 12.8 Å². The van der Waals surface area contributed by atoms with E-state index in [2.05, 4.69) is 10.9 Å². The summed E-state index contributed by atoms with van der Waals surface area (Å²) in [5, 5.41) is 17.6. The van der Waals surface area contributed by atoms with Crippen molar-refractivity contribution in [2.45, 2.75) is 31.3 Å². The normalized spacial score (nSPS) is 13.5. The first-order chi connectivity index (χ1) is 8.73. The molecule has 0 radical (unpaired) electrons. The molecular weight excluding hydrogens is 260 g/mol. The summed E-state index contributed by atoms with van der Waals surface area (Å²) in [4.78, 5) is 42.7. The molecule has 2 atom stereocenters. The van der Waals surface area contributed by atoms with Gasteiger partial charge in [-0.3, -0.25) is 19.2 Å². The summed E-state index contributed by atoms with van der Waals surface area (Å²) < 4.78 is 0. The predicted molar refractivity (Wildman–Crippen MR) is 61.4 cm³/mol. The van der Waals surface area contributed by atoms with Crippen molar-refractivity contribution in [3.8, 4) is 0 Å². The molecular formula is C9H16N4O6. The Morgan fingerprint density at radius 1 is 0.895 bits per heavy atom. The fraction of sp³-hybridized carbons (Fsp3) is 0.556. The third-order valence-corrected chi connectivity index (χ3v) is 2.11. The van der Waals surface area contributed by atoms with Crippen molar-refractivity contribution in [3.05, 3.63) is 0 Å². The maximum atomic E-state index is 10.8. The Labute approximate surface area is 108 Å². The van der Waals surface area contributed by atoms with Crippen LogP contribution in [0.25, 0.3) is 0 Å². The number of nitrogens with one attached hydrogen (secondary N) is 2. The highest BCUT2D eigenvalue weighted by Crippen LogP contribution is 1.97. The van der Waals surface area contributed by atoms with E-state index in [0.29, 0.717) is 0 Å². The molecule has 0 unspecified atom stereocenters. The number of carbonyl (C=O) groups excluding carboxylic acids is 2. The molecule has 0 aromatic heterocycles. The quantitative estimate of drug-likeness (QED) is 0.230. The minimum Gasteiger partial charge on any atom is -0.480 e. The van der Waals surface area contributed by atoms with Crippen LogP contribution in [0, 0.1) is 0 Å². The van der Waals surface area contributed by atoms with Crippen molar-refractivity contribution >= 4 is 23.8 Å². The van der Waals surface area contributed by atoms with Crippen LogP contribution in [-0.2, 0) is 19.2 Å². The number of amides is 2. The van der Waals surface area contributed by atoms with Gasteiger partial charge in [0.25, 0.3) is 0 Å². The van der Waals surface area contributed by atoms with Gasteiger partial charge in [-0.1, -0.05) is 0 Å². The minimum absolute atomic E-state index is 0.124. The molecule has 0 bridgehead atoms. The summed E-state index contributed by atoms with van der Waals surface area (Å²) in [5.74, 6) is -4.20. The average molecular weight is 276 g/mol. The van der Waals surface area contributed by atoms with Crippen molar-refractivity contribution in [2.24, 2.45) is 11.5 Å². The molecule has 0 aromatic carbocycles.